The molecule has 0 bridgehead atoms. The molecule has 0 fully saturated rings. The summed E-state index contributed by atoms with van der Waals surface area (Å²) >= 11 is 0. The second kappa shape index (κ2) is 4.78. The number of aliphatic hydroxyl groups excluding tert-OH is 1. The number of hydrogen-bond acceptors (Lipinski definition) is 2. The largest absolute Gasteiger partial charge is 0.395 e. The van der Waals surface area contributed by atoms with Gasteiger partial charge in [0.05, 0.1) is 18.6 Å². The van der Waals surface area contributed by atoms with Crippen LogP contribution in [0.4, 0.5) is 0 Å². The lowest BCUT2D eigenvalue weighted by atomic mass is 9.98. The summed E-state index contributed by atoms with van der Waals surface area (Å²) < 4.78 is 0. The van der Waals surface area contributed by atoms with E-state index >= 15 is 0 Å². The average molecular weight is 189 g/mol. The Hall–Kier alpha value is -1.33. The molecule has 1 rings (SSSR count). The molecule has 1 unspecified atom stereocenters. The molecular weight excluding hydrogens is 174 g/mol. The number of aliphatic hydroxyl groups is 1. The van der Waals surface area contributed by atoms with Crippen LogP contribution < -0.4 is 0 Å². The molecule has 74 valence electrons. The summed E-state index contributed by atoms with van der Waals surface area (Å²) in [6.07, 6.45) is 0.633. The van der Waals surface area contributed by atoms with Crippen LogP contribution in [0, 0.1) is 31.1 Å². The van der Waals surface area contributed by atoms with Crippen molar-refractivity contribution in [2.75, 3.05) is 6.61 Å². The first-order valence-electron chi connectivity index (χ1n) is 4.74. The smallest absolute Gasteiger partial charge is 0.0734 e. The maximum absolute atomic E-state index is 8.89. The molecule has 14 heavy (non-hydrogen) atoms. The summed E-state index contributed by atoms with van der Waals surface area (Å²) in [5.41, 5.74) is 3.61. The average Bonchev–Trinajstić information content (AvgIpc) is 2.19. The third-order valence-electron chi connectivity index (χ3n) is 2.46. The van der Waals surface area contributed by atoms with Gasteiger partial charge in [-0.1, -0.05) is 18.2 Å². The van der Waals surface area contributed by atoms with Gasteiger partial charge < -0.3 is 5.11 Å². The number of rotatable bonds is 3. The topological polar surface area (TPSA) is 44.0 Å². The second-order valence-corrected chi connectivity index (χ2v) is 3.63. The van der Waals surface area contributed by atoms with E-state index in [4.69, 9.17) is 10.4 Å². The fraction of sp³-hybridized carbons (Fsp3) is 0.417. The molecular formula is C12H15NO. The van der Waals surface area contributed by atoms with Crippen molar-refractivity contribution in [2.24, 2.45) is 5.92 Å². The highest BCUT2D eigenvalue weighted by Gasteiger charge is 2.07. The van der Waals surface area contributed by atoms with Crippen LogP contribution >= 0.6 is 0 Å². The first-order valence-corrected chi connectivity index (χ1v) is 4.74. The Labute approximate surface area is 84.8 Å². The molecule has 0 radical (unpaired) electrons. The van der Waals surface area contributed by atoms with Gasteiger partial charge in [-0.05, 0) is 37.0 Å². The van der Waals surface area contributed by atoms with Gasteiger partial charge in [0.2, 0.25) is 0 Å². The van der Waals surface area contributed by atoms with Crippen molar-refractivity contribution >= 4 is 0 Å². The molecule has 1 aromatic carbocycles. The fourth-order valence-electron chi connectivity index (χ4n) is 1.37. The zero-order valence-corrected chi connectivity index (χ0v) is 8.62. The van der Waals surface area contributed by atoms with E-state index in [9.17, 15) is 0 Å². The van der Waals surface area contributed by atoms with Gasteiger partial charge in [0.25, 0.3) is 0 Å². The predicted octanol–water partition coefficient (Wildman–Crippen LogP) is 1.98. The highest BCUT2D eigenvalue weighted by Crippen LogP contribution is 2.13. The quantitative estimate of drug-likeness (QED) is 0.790. The lowest BCUT2D eigenvalue weighted by Gasteiger charge is -2.07. The van der Waals surface area contributed by atoms with Crippen molar-refractivity contribution in [1.82, 2.24) is 0 Å². The van der Waals surface area contributed by atoms with Crippen molar-refractivity contribution in [3.63, 3.8) is 0 Å². The molecule has 0 amide bonds. The minimum Gasteiger partial charge on any atom is -0.395 e. The number of benzene rings is 1. The van der Waals surface area contributed by atoms with E-state index < -0.39 is 0 Å². The van der Waals surface area contributed by atoms with Crippen molar-refractivity contribution in [3.8, 4) is 6.07 Å². The highest BCUT2D eigenvalue weighted by atomic mass is 16.3. The lowest BCUT2D eigenvalue weighted by molar-refractivity contribution is 0.255. The molecule has 0 heterocycles. The minimum absolute atomic E-state index is 0.0660. The Kier molecular flexibility index (Phi) is 3.67. The Morgan fingerprint density at radius 1 is 1.36 bits per heavy atom. The Morgan fingerprint density at radius 3 is 2.57 bits per heavy atom. The predicted molar refractivity (Wildman–Crippen MR) is 55.8 cm³/mol. The van der Waals surface area contributed by atoms with E-state index in [1.807, 2.05) is 6.07 Å². The van der Waals surface area contributed by atoms with Crippen LogP contribution in [0.2, 0.25) is 0 Å². The molecule has 2 heteroatoms. The van der Waals surface area contributed by atoms with E-state index in [0.29, 0.717) is 6.42 Å². The SMILES string of the molecule is Cc1ccc(CC(C#N)CO)cc1C. The normalized spacial score (nSPS) is 12.1. The minimum atomic E-state index is -0.280. The van der Waals surface area contributed by atoms with Crippen LogP contribution in [-0.4, -0.2) is 11.7 Å². The first-order chi connectivity index (χ1) is 6.67. The zero-order chi connectivity index (χ0) is 10.6. The van der Waals surface area contributed by atoms with Crippen LogP contribution in [0.15, 0.2) is 18.2 Å². The lowest BCUT2D eigenvalue weighted by Crippen LogP contribution is -2.06. The van der Waals surface area contributed by atoms with Crippen LogP contribution in [0.25, 0.3) is 0 Å². The van der Waals surface area contributed by atoms with Gasteiger partial charge in [-0.2, -0.15) is 5.26 Å². The molecule has 0 aliphatic rings. The molecule has 0 aliphatic carbocycles. The summed E-state index contributed by atoms with van der Waals surface area (Å²) in [5, 5.41) is 17.6. The van der Waals surface area contributed by atoms with Gasteiger partial charge in [-0.15, -0.1) is 0 Å². The Balaban J connectivity index is 2.78. The van der Waals surface area contributed by atoms with E-state index in [1.165, 1.54) is 11.1 Å². The second-order valence-electron chi connectivity index (χ2n) is 3.63. The third kappa shape index (κ3) is 2.58. The molecule has 2 nitrogen and oxygen atoms in total. The monoisotopic (exact) mass is 189 g/mol. The van der Waals surface area contributed by atoms with E-state index in [0.717, 1.165) is 5.56 Å². The van der Waals surface area contributed by atoms with Crippen LogP contribution in [0.3, 0.4) is 0 Å². The molecule has 0 spiro atoms. The van der Waals surface area contributed by atoms with Gasteiger partial charge >= 0.3 is 0 Å². The van der Waals surface area contributed by atoms with Gasteiger partial charge in [0, 0.05) is 0 Å². The number of nitriles is 1. The number of hydrogen-bond donors (Lipinski definition) is 1. The van der Waals surface area contributed by atoms with Gasteiger partial charge in [0.1, 0.15) is 0 Å². The summed E-state index contributed by atoms with van der Waals surface area (Å²) in [6.45, 7) is 4.05. The van der Waals surface area contributed by atoms with Crippen molar-refractivity contribution in [2.45, 2.75) is 20.3 Å². The molecule has 1 N–H and O–H groups in total. The molecule has 1 atom stereocenters. The highest BCUT2D eigenvalue weighted by molar-refractivity contribution is 5.30. The van der Waals surface area contributed by atoms with Crippen molar-refractivity contribution in [1.29, 1.82) is 5.26 Å². The summed E-state index contributed by atoms with van der Waals surface area (Å²) in [6, 6.07) is 8.23. The van der Waals surface area contributed by atoms with Crippen LogP contribution in [-0.2, 0) is 6.42 Å². The number of aryl methyl sites for hydroxylation is 2. The third-order valence-corrected chi connectivity index (χ3v) is 2.46. The van der Waals surface area contributed by atoms with Crippen LogP contribution in [0.1, 0.15) is 16.7 Å². The van der Waals surface area contributed by atoms with Gasteiger partial charge in [-0.3, -0.25) is 0 Å². The van der Waals surface area contributed by atoms with E-state index in [1.54, 1.807) is 0 Å². The maximum Gasteiger partial charge on any atom is 0.0734 e. The molecule has 1 aromatic rings. The Morgan fingerprint density at radius 2 is 2.07 bits per heavy atom. The number of nitrogens with zero attached hydrogens (tertiary/aromatic N) is 1. The van der Waals surface area contributed by atoms with E-state index in [-0.39, 0.29) is 12.5 Å². The van der Waals surface area contributed by atoms with E-state index in [2.05, 4.69) is 32.0 Å². The van der Waals surface area contributed by atoms with Gasteiger partial charge in [0.15, 0.2) is 0 Å². The first kappa shape index (κ1) is 10.7. The molecule has 0 saturated heterocycles. The van der Waals surface area contributed by atoms with Crippen molar-refractivity contribution < 1.29 is 5.11 Å². The molecule has 0 saturated carbocycles. The van der Waals surface area contributed by atoms with Crippen molar-refractivity contribution in [3.05, 3.63) is 34.9 Å². The maximum atomic E-state index is 8.89. The molecule has 0 aliphatic heterocycles. The molecule has 0 aromatic heterocycles. The summed E-state index contributed by atoms with van der Waals surface area (Å²) in [4.78, 5) is 0. The standard InChI is InChI=1S/C12H15NO/c1-9-3-4-11(5-10(9)2)6-12(7-13)8-14/h3-5,12,14H,6,8H2,1-2H3. The fourth-order valence-corrected chi connectivity index (χ4v) is 1.37. The Bertz CT molecular complexity index is 352. The summed E-state index contributed by atoms with van der Waals surface area (Å²) in [5.74, 6) is -0.280. The van der Waals surface area contributed by atoms with Crippen LogP contribution in [0.5, 0.6) is 0 Å². The van der Waals surface area contributed by atoms with Gasteiger partial charge in [-0.25, -0.2) is 0 Å². The zero-order valence-electron chi connectivity index (χ0n) is 8.62. The summed E-state index contributed by atoms with van der Waals surface area (Å²) in [7, 11) is 0.